The van der Waals surface area contributed by atoms with Gasteiger partial charge in [0.05, 0.1) is 25.9 Å². The summed E-state index contributed by atoms with van der Waals surface area (Å²) in [7, 11) is 3.05. The molecule has 0 aliphatic carbocycles. The van der Waals surface area contributed by atoms with Crippen LogP contribution in [0.25, 0.3) is 6.08 Å². The van der Waals surface area contributed by atoms with Crippen LogP contribution >= 0.6 is 0 Å². The molecule has 178 valence electrons. The molecule has 1 fully saturated rings. The molecule has 2 aliphatic heterocycles. The van der Waals surface area contributed by atoms with Crippen LogP contribution in [0.2, 0.25) is 0 Å². The van der Waals surface area contributed by atoms with Crippen molar-refractivity contribution in [3.8, 4) is 23.0 Å². The lowest BCUT2D eigenvalue weighted by Crippen LogP contribution is -2.42. The quantitative estimate of drug-likeness (QED) is 0.582. The number of carboxylic acid groups (broad SMARTS) is 1. The van der Waals surface area contributed by atoms with Gasteiger partial charge in [0.2, 0.25) is 5.78 Å². The number of carbonyl (C=O) groups is 3. The van der Waals surface area contributed by atoms with E-state index in [1.807, 2.05) is 0 Å². The van der Waals surface area contributed by atoms with Crippen LogP contribution in [0.1, 0.15) is 22.3 Å². The molecular formula is C24H23NO9. The molecule has 0 saturated carbocycles. The number of amides is 1. The minimum Gasteiger partial charge on any atom is -0.497 e. The number of fused-ring (bicyclic) bond motifs is 1. The highest BCUT2D eigenvalue weighted by molar-refractivity contribution is 6.14. The molecule has 10 nitrogen and oxygen atoms in total. The number of hydrogen-bond donors (Lipinski definition) is 2. The van der Waals surface area contributed by atoms with Gasteiger partial charge in [0, 0.05) is 30.7 Å². The number of methoxy groups -OCH3 is 2. The number of carbonyl (C=O) groups excluding carboxylic acids is 2. The lowest BCUT2D eigenvalue weighted by Gasteiger charge is -2.21. The maximum Gasteiger partial charge on any atom is 0.326 e. The van der Waals surface area contributed by atoms with Gasteiger partial charge in [-0.1, -0.05) is 0 Å². The van der Waals surface area contributed by atoms with E-state index in [9.17, 15) is 24.6 Å². The summed E-state index contributed by atoms with van der Waals surface area (Å²) in [5.74, 6) is -0.295. The number of Topliss-reactive ketones (excluding diaryl/α,β-unsaturated/α-hetero) is 1. The number of β-amino-alcohol motifs (C(OH)–C–C–N with tert-alkyl or cyclic N) is 1. The van der Waals surface area contributed by atoms with Crippen LogP contribution in [0.5, 0.6) is 23.0 Å². The second-order valence-corrected chi connectivity index (χ2v) is 7.78. The second-order valence-electron chi connectivity index (χ2n) is 7.78. The number of hydrogen-bond acceptors (Lipinski definition) is 8. The van der Waals surface area contributed by atoms with Crippen LogP contribution in [0.15, 0.2) is 42.2 Å². The van der Waals surface area contributed by atoms with E-state index in [-0.39, 0.29) is 36.0 Å². The zero-order valence-electron chi connectivity index (χ0n) is 18.5. The van der Waals surface area contributed by atoms with Crippen molar-refractivity contribution in [3.05, 3.63) is 53.3 Å². The molecule has 1 amide bonds. The van der Waals surface area contributed by atoms with Crippen molar-refractivity contribution in [2.45, 2.75) is 18.6 Å². The van der Waals surface area contributed by atoms with E-state index in [1.54, 1.807) is 31.4 Å². The summed E-state index contributed by atoms with van der Waals surface area (Å²) in [5.41, 5.74) is 0.966. The SMILES string of the molecule is COc1ccc(/C=C2\Oc3cc(OCC(=O)N4C[C@@H](O)C[C@H]4C(=O)O)ccc3C2=O)c(OC)c1. The van der Waals surface area contributed by atoms with Gasteiger partial charge in [0.15, 0.2) is 12.4 Å². The second kappa shape index (κ2) is 9.44. The van der Waals surface area contributed by atoms with E-state index < -0.39 is 30.6 Å². The first-order valence-electron chi connectivity index (χ1n) is 10.4. The smallest absolute Gasteiger partial charge is 0.326 e. The number of likely N-dealkylation sites (tertiary alicyclic amines) is 1. The Hall–Kier alpha value is -4.05. The van der Waals surface area contributed by atoms with Gasteiger partial charge in [0.1, 0.15) is 29.0 Å². The summed E-state index contributed by atoms with van der Waals surface area (Å²) < 4.78 is 21.8. The summed E-state index contributed by atoms with van der Waals surface area (Å²) in [6, 6.07) is 8.62. The van der Waals surface area contributed by atoms with Crippen molar-refractivity contribution >= 4 is 23.7 Å². The van der Waals surface area contributed by atoms with E-state index in [4.69, 9.17) is 18.9 Å². The van der Waals surface area contributed by atoms with E-state index in [1.165, 1.54) is 25.3 Å². The molecule has 2 atom stereocenters. The van der Waals surface area contributed by atoms with Crippen LogP contribution in [-0.2, 0) is 9.59 Å². The number of ketones is 1. The largest absolute Gasteiger partial charge is 0.497 e. The van der Waals surface area contributed by atoms with E-state index in [0.29, 0.717) is 22.6 Å². The average Bonchev–Trinajstić information content (AvgIpc) is 3.37. The number of carboxylic acids is 1. The number of benzene rings is 2. The Morgan fingerprint density at radius 2 is 1.91 bits per heavy atom. The Morgan fingerprint density at radius 3 is 2.62 bits per heavy atom. The van der Waals surface area contributed by atoms with Crippen LogP contribution in [0.3, 0.4) is 0 Å². The van der Waals surface area contributed by atoms with Crippen molar-refractivity contribution in [2.24, 2.45) is 0 Å². The predicted molar refractivity (Wildman–Crippen MR) is 118 cm³/mol. The molecule has 0 spiro atoms. The number of aliphatic carboxylic acids is 1. The summed E-state index contributed by atoms with van der Waals surface area (Å²) in [5, 5.41) is 18.9. The standard InChI is InChI=1S/C24H23NO9/c1-31-15-4-3-13(19(9-15)32-2)7-21-23(28)17-6-5-16(10-20(17)34-21)33-12-22(27)25-11-14(26)8-18(25)24(29)30/h3-7,9-10,14,18,26H,8,11-12H2,1-2H3,(H,29,30)/b21-7-/t14-,18-/m0/s1. The fraction of sp³-hybridized carbons (Fsp3) is 0.292. The molecule has 0 aromatic heterocycles. The molecule has 34 heavy (non-hydrogen) atoms. The van der Waals surface area contributed by atoms with Gasteiger partial charge >= 0.3 is 5.97 Å². The summed E-state index contributed by atoms with van der Waals surface area (Å²) in [6.45, 7) is -0.487. The lowest BCUT2D eigenvalue weighted by molar-refractivity contribution is -0.148. The van der Waals surface area contributed by atoms with Crippen molar-refractivity contribution < 1.29 is 43.5 Å². The third kappa shape index (κ3) is 4.53. The Balaban J connectivity index is 1.46. The molecule has 0 bridgehead atoms. The van der Waals surface area contributed by atoms with Gasteiger partial charge in [-0.25, -0.2) is 4.79 Å². The first kappa shape index (κ1) is 23.1. The Kier molecular flexibility index (Phi) is 6.42. The first-order chi connectivity index (χ1) is 16.3. The monoisotopic (exact) mass is 469 g/mol. The topological polar surface area (TPSA) is 132 Å². The highest BCUT2D eigenvalue weighted by Gasteiger charge is 2.39. The number of aliphatic hydroxyl groups is 1. The Morgan fingerprint density at radius 1 is 1.15 bits per heavy atom. The van der Waals surface area contributed by atoms with Gasteiger partial charge in [-0.2, -0.15) is 0 Å². The molecule has 10 heteroatoms. The minimum absolute atomic E-state index is 0.0238. The van der Waals surface area contributed by atoms with Gasteiger partial charge in [-0.3, -0.25) is 9.59 Å². The molecule has 1 saturated heterocycles. The number of ether oxygens (including phenoxy) is 4. The molecule has 4 rings (SSSR count). The molecule has 0 unspecified atom stereocenters. The van der Waals surface area contributed by atoms with Crippen molar-refractivity contribution in [1.29, 1.82) is 0 Å². The number of allylic oxidation sites excluding steroid dienone is 1. The van der Waals surface area contributed by atoms with E-state index in [0.717, 1.165) is 4.90 Å². The van der Waals surface area contributed by atoms with E-state index in [2.05, 4.69) is 0 Å². The Bertz CT molecular complexity index is 1170. The van der Waals surface area contributed by atoms with E-state index >= 15 is 0 Å². The van der Waals surface area contributed by atoms with Crippen molar-refractivity contribution in [1.82, 2.24) is 4.90 Å². The third-order valence-electron chi connectivity index (χ3n) is 5.62. The number of rotatable bonds is 7. The summed E-state index contributed by atoms with van der Waals surface area (Å²) in [4.78, 5) is 37.6. The maximum absolute atomic E-state index is 12.8. The van der Waals surface area contributed by atoms with Crippen LogP contribution in [0, 0.1) is 0 Å². The average molecular weight is 469 g/mol. The van der Waals surface area contributed by atoms with Crippen LogP contribution in [-0.4, -0.2) is 72.3 Å². The highest BCUT2D eigenvalue weighted by atomic mass is 16.5. The first-order valence-corrected chi connectivity index (χ1v) is 10.4. The zero-order valence-corrected chi connectivity index (χ0v) is 18.5. The Labute approximate surface area is 194 Å². The molecule has 2 aromatic rings. The molecular weight excluding hydrogens is 446 g/mol. The molecule has 2 aromatic carbocycles. The van der Waals surface area contributed by atoms with Crippen molar-refractivity contribution in [3.63, 3.8) is 0 Å². The predicted octanol–water partition coefficient (Wildman–Crippen LogP) is 1.75. The van der Waals surface area contributed by atoms with Gasteiger partial charge < -0.3 is 34.1 Å². The van der Waals surface area contributed by atoms with Gasteiger partial charge in [0.25, 0.3) is 5.91 Å². The normalized spacial score (nSPS) is 20.1. The van der Waals surface area contributed by atoms with Crippen molar-refractivity contribution in [2.75, 3.05) is 27.4 Å². The maximum atomic E-state index is 12.8. The molecule has 2 heterocycles. The summed E-state index contributed by atoms with van der Waals surface area (Å²) >= 11 is 0. The van der Waals surface area contributed by atoms with Gasteiger partial charge in [-0.05, 0) is 30.3 Å². The molecule has 2 N–H and O–H groups in total. The number of aliphatic hydroxyl groups excluding tert-OH is 1. The van der Waals surface area contributed by atoms with Crippen LogP contribution < -0.4 is 18.9 Å². The third-order valence-corrected chi connectivity index (χ3v) is 5.62. The highest BCUT2D eigenvalue weighted by Crippen LogP contribution is 2.36. The summed E-state index contributed by atoms with van der Waals surface area (Å²) in [6.07, 6.45) is 0.651. The fourth-order valence-electron chi connectivity index (χ4n) is 3.89. The lowest BCUT2D eigenvalue weighted by atomic mass is 10.1. The number of nitrogens with zero attached hydrogens (tertiary/aromatic N) is 1. The zero-order chi connectivity index (χ0) is 24.4. The molecule has 0 radical (unpaired) electrons. The minimum atomic E-state index is -1.18. The fourth-order valence-corrected chi connectivity index (χ4v) is 3.89. The molecule has 2 aliphatic rings. The van der Waals surface area contributed by atoms with Gasteiger partial charge in [-0.15, -0.1) is 0 Å². The van der Waals surface area contributed by atoms with Crippen LogP contribution in [0.4, 0.5) is 0 Å².